The van der Waals surface area contributed by atoms with E-state index in [-0.39, 0.29) is 6.61 Å². The first-order chi connectivity index (χ1) is 5.41. The summed E-state index contributed by atoms with van der Waals surface area (Å²) in [7, 11) is 0. The number of nitrogens with one attached hydrogen (secondary N) is 1. The number of hydrogen-bond donors (Lipinski definition) is 2. The maximum atomic E-state index is 8.39. The van der Waals surface area contributed by atoms with Gasteiger partial charge >= 0.3 is 0 Å². The SMILES string of the molecule is C=CCCOCCNCCO. The minimum atomic E-state index is 0.187. The van der Waals surface area contributed by atoms with Crippen molar-refractivity contribution in [2.75, 3.05) is 32.9 Å². The molecule has 0 saturated heterocycles. The summed E-state index contributed by atoms with van der Waals surface area (Å²) in [5.74, 6) is 0. The van der Waals surface area contributed by atoms with Crippen LogP contribution in [0.25, 0.3) is 0 Å². The summed E-state index contributed by atoms with van der Waals surface area (Å²) in [4.78, 5) is 0. The molecule has 3 heteroatoms. The van der Waals surface area contributed by atoms with Gasteiger partial charge in [-0.2, -0.15) is 0 Å². The molecule has 0 aliphatic carbocycles. The quantitative estimate of drug-likeness (QED) is 0.391. The largest absolute Gasteiger partial charge is 0.395 e. The summed E-state index contributed by atoms with van der Waals surface area (Å²) in [6.07, 6.45) is 2.74. The molecule has 0 amide bonds. The molecule has 66 valence electrons. The van der Waals surface area contributed by atoms with Crippen LogP contribution in [0.4, 0.5) is 0 Å². The Labute approximate surface area is 68.1 Å². The van der Waals surface area contributed by atoms with Gasteiger partial charge in [0.05, 0.1) is 19.8 Å². The highest BCUT2D eigenvalue weighted by Gasteiger charge is 1.85. The average Bonchev–Trinajstić information content (AvgIpc) is 2.03. The van der Waals surface area contributed by atoms with Gasteiger partial charge in [0.2, 0.25) is 0 Å². The number of hydrogen-bond acceptors (Lipinski definition) is 3. The van der Waals surface area contributed by atoms with Crippen LogP contribution in [-0.4, -0.2) is 38.0 Å². The van der Waals surface area contributed by atoms with Crippen molar-refractivity contribution in [1.82, 2.24) is 5.32 Å². The second-order valence-corrected chi connectivity index (χ2v) is 2.16. The van der Waals surface area contributed by atoms with E-state index < -0.39 is 0 Å². The monoisotopic (exact) mass is 159 g/mol. The van der Waals surface area contributed by atoms with Gasteiger partial charge in [0.25, 0.3) is 0 Å². The Morgan fingerprint density at radius 1 is 1.36 bits per heavy atom. The maximum Gasteiger partial charge on any atom is 0.0591 e. The summed E-state index contributed by atoms with van der Waals surface area (Å²) >= 11 is 0. The molecule has 0 heterocycles. The Balaban J connectivity index is 2.74. The molecule has 0 bridgehead atoms. The lowest BCUT2D eigenvalue weighted by Crippen LogP contribution is -2.22. The summed E-state index contributed by atoms with van der Waals surface area (Å²) in [6.45, 7) is 6.66. The van der Waals surface area contributed by atoms with Gasteiger partial charge in [-0.1, -0.05) is 6.08 Å². The van der Waals surface area contributed by atoms with Crippen LogP contribution in [0, 0.1) is 0 Å². The van der Waals surface area contributed by atoms with Crippen LogP contribution < -0.4 is 5.32 Å². The predicted molar refractivity (Wildman–Crippen MR) is 45.6 cm³/mol. The van der Waals surface area contributed by atoms with E-state index in [1.54, 1.807) is 0 Å². The molecule has 0 rings (SSSR count). The highest BCUT2D eigenvalue weighted by molar-refractivity contribution is 4.64. The standard InChI is InChI=1S/C8H17NO2/c1-2-3-7-11-8-5-9-4-6-10/h2,9-10H,1,3-8H2. The van der Waals surface area contributed by atoms with Crippen molar-refractivity contribution in [2.24, 2.45) is 0 Å². The van der Waals surface area contributed by atoms with Gasteiger partial charge in [-0.3, -0.25) is 0 Å². The normalized spacial score (nSPS) is 9.91. The van der Waals surface area contributed by atoms with Crippen molar-refractivity contribution < 1.29 is 9.84 Å². The maximum absolute atomic E-state index is 8.39. The molecule has 0 fully saturated rings. The number of aliphatic hydroxyl groups is 1. The van der Waals surface area contributed by atoms with Crippen LogP contribution in [0.15, 0.2) is 12.7 Å². The van der Waals surface area contributed by atoms with E-state index in [1.807, 2.05) is 6.08 Å². The third kappa shape index (κ3) is 9.62. The topological polar surface area (TPSA) is 41.5 Å². The van der Waals surface area contributed by atoms with Gasteiger partial charge in [-0.15, -0.1) is 6.58 Å². The lowest BCUT2D eigenvalue weighted by atomic mass is 10.4. The molecule has 0 aromatic heterocycles. The van der Waals surface area contributed by atoms with Crippen molar-refractivity contribution >= 4 is 0 Å². The smallest absolute Gasteiger partial charge is 0.0591 e. The number of ether oxygens (including phenoxy) is 1. The molecule has 0 spiro atoms. The zero-order chi connectivity index (χ0) is 8.36. The third-order valence-electron chi connectivity index (χ3n) is 1.18. The molecular formula is C8H17NO2. The minimum absolute atomic E-state index is 0.187. The van der Waals surface area contributed by atoms with Crippen molar-refractivity contribution in [2.45, 2.75) is 6.42 Å². The Kier molecular flexibility index (Phi) is 9.29. The molecule has 3 nitrogen and oxygen atoms in total. The molecule has 0 atom stereocenters. The zero-order valence-corrected chi connectivity index (χ0v) is 6.88. The first-order valence-electron chi connectivity index (χ1n) is 3.92. The highest BCUT2D eigenvalue weighted by Crippen LogP contribution is 1.81. The third-order valence-corrected chi connectivity index (χ3v) is 1.18. The Morgan fingerprint density at radius 2 is 2.18 bits per heavy atom. The molecule has 0 aromatic rings. The Hall–Kier alpha value is -0.380. The van der Waals surface area contributed by atoms with E-state index >= 15 is 0 Å². The molecule has 0 aliphatic heterocycles. The van der Waals surface area contributed by atoms with Crippen molar-refractivity contribution in [3.8, 4) is 0 Å². The van der Waals surface area contributed by atoms with Gasteiger partial charge in [0, 0.05) is 13.1 Å². The van der Waals surface area contributed by atoms with Crippen LogP contribution in [0.5, 0.6) is 0 Å². The number of aliphatic hydroxyl groups excluding tert-OH is 1. The number of rotatable bonds is 8. The van der Waals surface area contributed by atoms with Crippen LogP contribution in [0.3, 0.4) is 0 Å². The van der Waals surface area contributed by atoms with E-state index in [1.165, 1.54) is 0 Å². The summed E-state index contributed by atoms with van der Waals surface area (Å²) in [6, 6.07) is 0. The Morgan fingerprint density at radius 3 is 2.82 bits per heavy atom. The molecule has 0 aromatic carbocycles. The minimum Gasteiger partial charge on any atom is -0.395 e. The van der Waals surface area contributed by atoms with Gasteiger partial charge < -0.3 is 15.2 Å². The molecule has 11 heavy (non-hydrogen) atoms. The summed E-state index contributed by atoms with van der Waals surface area (Å²) in [5, 5.41) is 11.4. The van der Waals surface area contributed by atoms with Crippen LogP contribution >= 0.6 is 0 Å². The van der Waals surface area contributed by atoms with Gasteiger partial charge in [-0.25, -0.2) is 0 Å². The molecule has 0 saturated carbocycles. The first kappa shape index (κ1) is 10.6. The molecule has 0 aliphatic rings. The van der Waals surface area contributed by atoms with Crippen molar-refractivity contribution in [3.05, 3.63) is 12.7 Å². The first-order valence-corrected chi connectivity index (χ1v) is 3.92. The van der Waals surface area contributed by atoms with E-state index in [0.717, 1.165) is 19.6 Å². The Bertz CT molecular complexity index is 86.2. The van der Waals surface area contributed by atoms with Crippen LogP contribution in [0.1, 0.15) is 6.42 Å². The molecule has 2 N–H and O–H groups in total. The van der Waals surface area contributed by atoms with E-state index in [2.05, 4.69) is 11.9 Å². The van der Waals surface area contributed by atoms with E-state index in [4.69, 9.17) is 9.84 Å². The fourth-order valence-electron chi connectivity index (χ4n) is 0.617. The summed E-state index contributed by atoms with van der Waals surface area (Å²) < 4.78 is 5.21. The highest BCUT2D eigenvalue weighted by atomic mass is 16.5. The zero-order valence-electron chi connectivity index (χ0n) is 6.88. The average molecular weight is 159 g/mol. The van der Waals surface area contributed by atoms with Gasteiger partial charge in [0.15, 0.2) is 0 Å². The lowest BCUT2D eigenvalue weighted by molar-refractivity contribution is 0.139. The second-order valence-electron chi connectivity index (χ2n) is 2.16. The molecule has 0 unspecified atom stereocenters. The fourth-order valence-corrected chi connectivity index (χ4v) is 0.617. The van der Waals surface area contributed by atoms with Gasteiger partial charge in [0.1, 0.15) is 0 Å². The summed E-state index contributed by atoms with van der Waals surface area (Å²) in [5.41, 5.74) is 0. The van der Waals surface area contributed by atoms with Crippen molar-refractivity contribution in [3.63, 3.8) is 0 Å². The lowest BCUT2D eigenvalue weighted by Gasteiger charge is -2.02. The van der Waals surface area contributed by atoms with E-state index in [9.17, 15) is 0 Å². The molecule has 0 radical (unpaired) electrons. The van der Waals surface area contributed by atoms with Gasteiger partial charge in [-0.05, 0) is 6.42 Å². The predicted octanol–water partition coefficient (Wildman–Crippen LogP) is 0.161. The fraction of sp³-hybridized carbons (Fsp3) is 0.750. The van der Waals surface area contributed by atoms with Crippen LogP contribution in [0.2, 0.25) is 0 Å². The van der Waals surface area contributed by atoms with Crippen molar-refractivity contribution in [1.29, 1.82) is 0 Å². The second kappa shape index (κ2) is 9.62. The van der Waals surface area contributed by atoms with Crippen LogP contribution in [-0.2, 0) is 4.74 Å². The van der Waals surface area contributed by atoms with E-state index in [0.29, 0.717) is 13.2 Å². The molecular weight excluding hydrogens is 142 g/mol.